The van der Waals surface area contributed by atoms with Crippen LogP contribution in [-0.2, 0) is 23.2 Å². The van der Waals surface area contributed by atoms with Crippen LogP contribution >= 0.6 is 11.3 Å². The van der Waals surface area contributed by atoms with Gasteiger partial charge in [-0.3, -0.25) is 0 Å². The monoisotopic (exact) mass is 430 g/mol. The molecule has 5 nitrogen and oxygen atoms in total. The molecule has 0 N–H and O–H groups in total. The van der Waals surface area contributed by atoms with E-state index in [4.69, 9.17) is 4.74 Å². The van der Waals surface area contributed by atoms with Crippen molar-refractivity contribution in [1.29, 1.82) is 0 Å². The van der Waals surface area contributed by atoms with E-state index in [9.17, 15) is 8.42 Å². The molecule has 0 bridgehead atoms. The molecule has 1 aromatic heterocycles. The summed E-state index contributed by atoms with van der Waals surface area (Å²) in [6.45, 7) is 6.47. The lowest BCUT2D eigenvalue weighted by molar-refractivity contribution is 0.302. The molecule has 0 amide bonds. The molecule has 29 heavy (non-hydrogen) atoms. The molecule has 7 heteroatoms. The molecule has 1 atom stereocenters. The van der Waals surface area contributed by atoms with Crippen molar-refractivity contribution in [2.75, 3.05) is 0 Å². The van der Waals surface area contributed by atoms with Crippen LogP contribution in [0.25, 0.3) is 0 Å². The zero-order chi connectivity index (χ0) is 20.9. The number of para-hydroxylation sites is 1. The first-order valence-corrected chi connectivity index (χ1v) is 11.9. The average molecular weight is 431 g/mol. The van der Waals surface area contributed by atoms with Crippen LogP contribution in [0.1, 0.15) is 36.5 Å². The summed E-state index contributed by atoms with van der Waals surface area (Å²) in [6.07, 6.45) is 0.721. The van der Waals surface area contributed by atoms with Crippen molar-refractivity contribution in [3.05, 3.63) is 76.2 Å². The smallest absolute Gasteiger partial charge is 0.243 e. The highest BCUT2D eigenvalue weighted by atomic mass is 32.2. The second kappa shape index (κ2) is 9.52. The fourth-order valence-electron chi connectivity index (χ4n) is 2.84. The van der Waals surface area contributed by atoms with Gasteiger partial charge in [0.25, 0.3) is 0 Å². The summed E-state index contributed by atoms with van der Waals surface area (Å²) in [4.78, 5) is 4.90. The molecule has 154 valence electrons. The fourth-order valence-corrected chi connectivity index (χ4v) is 5.21. The van der Waals surface area contributed by atoms with E-state index in [1.54, 1.807) is 12.1 Å². The lowest BCUT2D eigenvalue weighted by atomic mass is 10.2. The highest BCUT2D eigenvalue weighted by molar-refractivity contribution is 7.89. The largest absolute Gasteiger partial charge is 0.486 e. The zero-order valence-corrected chi connectivity index (χ0v) is 18.5. The molecule has 0 spiro atoms. The Labute approximate surface area is 177 Å². The van der Waals surface area contributed by atoms with Gasteiger partial charge < -0.3 is 4.74 Å². The van der Waals surface area contributed by atoms with Gasteiger partial charge in [-0.15, -0.1) is 11.3 Å². The second-order valence-electron chi connectivity index (χ2n) is 6.95. The SMILES string of the molecule is CCC(C)N(Cc1csc(COc2ccccc2)n1)S(=O)(=O)c1ccc(C)cc1. The molecule has 3 rings (SSSR count). The Balaban J connectivity index is 1.75. The molecule has 2 aromatic carbocycles. The number of benzene rings is 2. The van der Waals surface area contributed by atoms with Crippen LogP contribution in [0, 0.1) is 6.92 Å². The second-order valence-corrected chi connectivity index (χ2v) is 9.79. The Morgan fingerprint density at radius 3 is 2.45 bits per heavy atom. The van der Waals surface area contributed by atoms with Crippen LogP contribution in [0.3, 0.4) is 0 Å². The normalized spacial score (nSPS) is 12.8. The van der Waals surface area contributed by atoms with E-state index in [-0.39, 0.29) is 12.6 Å². The lowest BCUT2D eigenvalue weighted by Gasteiger charge is -2.27. The van der Waals surface area contributed by atoms with Gasteiger partial charge in [0.05, 0.1) is 17.1 Å². The van der Waals surface area contributed by atoms with E-state index in [1.165, 1.54) is 15.6 Å². The van der Waals surface area contributed by atoms with Crippen molar-refractivity contribution >= 4 is 21.4 Å². The number of nitrogens with zero attached hydrogens (tertiary/aromatic N) is 2. The molecule has 0 aliphatic heterocycles. The maximum absolute atomic E-state index is 13.2. The van der Waals surface area contributed by atoms with Crippen molar-refractivity contribution in [1.82, 2.24) is 9.29 Å². The number of ether oxygens (including phenoxy) is 1. The Hall–Kier alpha value is -2.22. The average Bonchev–Trinajstić information content (AvgIpc) is 3.18. The Bertz CT molecular complexity index is 1020. The summed E-state index contributed by atoms with van der Waals surface area (Å²) >= 11 is 1.48. The van der Waals surface area contributed by atoms with Gasteiger partial charge in [0.15, 0.2) is 0 Å². The van der Waals surface area contributed by atoms with Crippen molar-refractivity contribution in [3.63, 3.8) is 0 Å². The molecule has 0 radical (unpaired) electrons. The fraction of sp³-hybridized carbons (Fsp3) is 0.318. The summed E-state index contributed by atoms with van der Waals surface area (Å²) in [5.74, 6) is 0.785. The molecule has 0 saturated heterocycles. The minimum atomic E-state index is -3.61. The van der Waals surface area contributed by atoms with Gasteiger partial charge in [-0.1, -0.05) is 42.8 Å². The molecule has 0 fully saturated rings. The van der Waals surface area contributed by atoms with Crippen LogP contribution in [0.4, 0.5) is 0 Å². The van der Waals surface area contributed by atoms with Gasteiger partial charge in [0.2, 0.25) is 10.0 Å². The molecule has 3 aromatic rings. The Morgan fingerprint density at radius 1 is 1.10 bits per heavy atom. The lowest BCUT2D eigenvalue weighted by Crippen LogP contribution is -2.37. The molecular formula is C22H26N2O3S2. The number of thiazole rings is 1. The topological polar surface area (TPSA) is 59.5 Å². The number of sulfonamides is 1. The van der Waals surface area contributed by atoms with Crippen LogP contribution < -0.4 is 4.74 Å². The number of rotatable bonds is 9. The highest BCUT2D eigenvalue weighted by Gasteiger charge is 2.29. The highest BCUT2D eigenvalue weighted by Crippen LogP contribution is 2.24. The predicted molar refractivity (Wildman–Crippen MR) is 117 cm³/mol. The van der Waals surface area contributed by atoms with E-state index in [1.807, 2.05) is 68.6 Å². The first kappa shape index (κ1) is 21.5. The third kappa shape index (κ3) is 5.44. The molecule has 0 aliphatic carbocycles. The number of aromatic nitrogens is 1. The minimum Gasteiger partial charge on any atom is -0.486 e. The van der Waals surface area contributed by atoms with Crippen molar-refractivity contribution in [2.45, 2.75) is 51.3 Å². The quantitative estimate of drug-likeness (QED) is 0.478. The first-order valence-electron chi connectivity index (χ1n) is 9.59. The minimum absolute atomic E-state index is 0.132. The zero-order valence-electron chi connectivity index (χ0n) is 16.9. The maximum Gasteiger partial charge on any atom is 0.243 e. The molecule has 1 unspecified atom stereocenters. The van der Waals surface area contributed by atoms with E-state index >= 15 is 0 Å². The van der Waals surface area contributed by atoms with Crippen LogP contribution in [0.5, 0.6) is 5.75 Å². The van der Waals surface area contributed by atoms with Crippen LogP contribution in [0.2, 0.25) is 0 Å². The molecule has 0 saturated carbocycles. The summed E-state index contributed by atoms with van der Waals surface area (Å²) in [7, 11) is -3.61. The first-order chi connectivity index (χ1) is 13.9. The van der Waals surface area contributed by atoms with Crippen molar-refractivity contribution in [2.24, 2.45) is 0 Å². The predicted octanol–water partition coefficient (Wildman–Crippen LogP) is 5.02. The standard InChI is InChI=1S/C22H26N2O3S2/c1-4-18(3)24(29(25,26)21-12-10-17(2)11-13-21)14-19-16-28-22(23-19)15-27-20-8-6-5-7-9-20/h5-13,16,18H,4,14-15H2,1-3H3. The Morgan fingerprint density at radius 2 is 1.79 bits per heavy atom. The van der Waals surface area contributed by atoms with E-state index in [2.05, 4.69) is 4.98 Å². The summed E-state index contributed by atoms with van der Waals surface area (Å²) in [5.41, 5.74) is 1.76. The Kier molecular flexibility index (Phi) is 7.05. The number of hydrogen-bond donors (Lipinski definition) is 0. The van der Waals surface area contributed by atoms with Crippen molar-refractivity contribution < 1.29 is 13.2 Å². The summed E-state index contributed by atoms with van der Waals surface area (Å²) in [6, 6.07) is 16.4. The molecule has 0 aliphatic rings. The third-order valence-electron chi connectivity index (χ3n) is 4.73. The van der Waals surface area contributed by atoms with E-state index in [0.29, 0.717) is 11.5 Å². The van der Waals surface area contributed by atoms with Gasteiger partial charge in [-0.2, -0.15) is 4.31 Å². The van der Waals surface area contributed by atoms with Gasteiger partial charge in [0, 0.05) is 11.4 Å². The van der Waals surface area contributed by atoms with E-state index in [0.717, 1.165) is 28.4 Å². The number of aryl methyl sites for hydroxylation is 1. The summed E-state index contributed by atoms with van der Waals surface area (Å²) < 4.78 is 33.8. The molecule has 1 heterocycles. The van der Waals surface area contributed by atoms with Gasteiger partial charge >= 0.3 is 0 Å². The maximum atomic E-state index is 13.2. The van der Waals surface area contributed by atoms with Crippen molar-refractivity contribution in [3.8, 4) is 5.75 Å². The van der Waals surface area contributed by atoms with Gasteiger partial charge in [-0.25, -0.2) is 13.4 Å². The van der Waals surface area contributed by atoms with Gasteiger partial charge in [0.1, 0.15) is 17.4 Å². The number of hydrogen-bond acceptors (Lipinski definition) is 5. The van der Waals surface area contributed by atoms with Crippen LogP contribution in [-0.4, -0.2) is 23.7 Å². The molecular weight excluding hydrogens is 404 g/mol. The third-order valence-corrected chi connectivity index (χ3v) is 7.58. The van der Waals surface area contributed by atoms with Crippen LogP contribution in [0.15, 0.2) is 64.9 Å². The summed E-state index contributed by atoms with van der Waals surface area (Å²) in [5, 5.41) is 2.73. The van der Waals surface area contributed by atoms with Gasteiger partial charge in [-0.05, 0) is 44.5 Å². The van der Waals surface area contributed by atoms with E-state index < -0.39 is 10.0 Å².